The van der Waals surface area contributed by atoms with E-state index in [9.17, 15) is 4.79 Å². The fourth-order valence-corrected chi connectivity index (χ4v) is 3.46. The van der Waals surface area contributed by atoms with Gasteiger partial charge in [0.25, 0.3) is 0 Å². The normalized spacial score (nSPS) is 21.8. The van der Waals surface area contributed by atoms with Gasteiger partial charge < -0.3 is 10.4 Å². The second-order valence-electron chi connectivity index (χ2n) is 6.41. The van der Waals surface area contributed by atoms with Crippen LogP contribution in [0.25, 0.3) is 10.9 Å². The number of nitrogens with zero attached hydrogens (tertiary/aromatic N) is 2. The van der Waals surface area contributed by atoms with Crippen LogP contribution in [-0.4, -0.2) is 46.1 Å². The molecule has 1 atom stereocenters. The molecule has 0 spiro atoms. The zero-order chi connectivity index (χ0) is 16.4. The van der Waals surface area contributed by atoms with E-state index in [1.807, 2.05) is 24.3 Å². The number of aliphatic carboxylic acids is 1. The van der Waals surface area contributed by atoms with Crippen LogP contribution in [0.15, 0.2) is 30.5 Å². The smallest absolute Gasteiger partial charge is 0.317 e. The Hall–Kier alpha value is -1.69. The first-order valence-electron chi connectivity index (χ1n) is 7.68. The first-order valence-corrected chi connectivity index (χ1v) is 8.05. The number of nitrogens with one attached hydrogen (secondary N) is 1. The van der Waals surface area contributed by atoms with E-state index in [-0.39, 0.29) is 12.1 Å². The SMILES string of the molecule is C[C@@]1(NCC(=O)O)CCN(Cc2cc(Cl)cc3cccnc23)C1. The van der Waals surface area contributed by atoms with Crippen molar-refractivity contribution < 1.29 is 9.90 Å². The molecular weight excluding hydrogens is 314 g/mol. The minimum Gasteiger partial charge on any atom is -0.480 e. The Balaban J connectivity index is 1.75. The lowest BCUT2D eigenvalue weighted by atomic mass is 10.0. The summed E-state index contributed by atoms with van der Waals surface area (Å²) in [4.78, 5) is 17.6. The van der Waals surface area contributed by atoms with Crippen molar-refractivity contribution in [2.24, 2.45) is 0 Å². The van der Waals surface area contributed by atoms with Crippen molar-refractivity contribution in [3.63, 3.8) is 0 Å². The van der Waals surface area contributed by atoms with E-state index < -0.39 is 5.97 Å². The third kappa shape index (κ3) is 3.80. The number of halogens is 1. The first-order chi connectivity index (χ1) is 11.0. The number of fused-ring (bicyclic) bond motifs is 1. The van der Waals surface area contributed by atoms with E-state index in [2.05, 4.69) is 22.1 Å². The van der Waals surface area contributed by atoms with Gasteiger partial charge in [0.1, 0.15) is 0 Å². The van der Waals surface area contributed by atoms with Crippen LogP contribution in [0.4, 0.5) is 0 Å². The first kappa shape index (κ1) is 16.2. The van der Waals surface area contributed by atoms with Gasteiger partial charge in [-0.2, -0.15) is 0 Å². The molecule has 0 unspecified atom stereocenters. The summed E-state index contributed by atoms with van der Waals surface area (Å²) in [6, 6.07) is 7.82. The average Bonchev–Trinajstić information content (AvgIpc) is 2.87. The number of benzene rings is 1. The Morgan fingerprint density at radius 1 is 1.52 bits per heavy atom. The standard InChI is InChI=1S/C17H20ClN3O2/c1-17(20-9-15(22)23)4-6-21(11-17)10-13-8-14(18)7-12-3-2-5-19-16(12)13/h2-3,5,7-8,20H,4,6,9-11H2,1H3,(H,22,23)/t17-/m1/s1. The van der Waals surface area contributed by atoms with Gasteiger partial charge in [0.05, 0.1) is 12.1 Å². The molecule has 3 rings (SSSR count). The van der Waals surface area contributed by atoms with Crippen LogP contribution in [0.5, 0.6) is 0 Å². The summed E-state index contributed by atoms with van der Waals surface area (Å²) < 4.78 is 0. The minimum atomic E-state index is -0.824. The Kier molecular flexibility index (Phi) is 4.53. The third-order valence-electron chi connectivity index (χ3n) is 4.36. The van der Waals surface area contributed by atoms with Crippen molar-refractivity contribution in [3.8, 4) is 0 Å². The van der Waals surface area contributed by atoms with Crippen molar-refractivity contribution >= 4 is 28.5 Å². The van der Waals surface area contributed by atoms with Crippen molar-refractivity contribution in [1.29, 1.82) is 0 Å². The lowest BCUT2D eigenvalue weighted by Crippen LogP contribution is -2.46. The highest BCUT2D eigenvalue weighted by Crippen LogP contribution is 2.27. The van der Waals surface area contributed by atoms with Crippen LogP contribution in [0.1, 0.15) is 18.9 Å². The average molecular weight is 334 g/mol. The number of likely N-dealkylation sites (tertiary alicyclic amines) is 1. The molecule has 1 saturated heterocycles. The molecule has 0 radical (unpaired) electrons. The molecule has 1 aromatic carbocycles. The predicted octanol–water partition coefficient (Wildman–Crippen LogP) is 2.53. The predicted molar refractivity (Wildman–Crippen MR) is 90.7 cm³/mol. The third-order valence-corrected chi connectivity index (χ3v) is 4.58. The molecule has 23 heavy (non-hydrogen) atoms. The van der Waals surface area contributed by atoms with Crippen LogP contribution in [0, 0.1) is 0 Å². The van der Waals surface area contributed by atoms with Crippen LogP contribution >= 0.6 is 11.6 Å². The molecule has 0 aliphatic carbocycles. The van der Waals surface area contributed by atoms with Gasteiger partial charge in [-0.15, -0.1) is 0 Å². The maximum atomic E-state index is 10.8. The van der Waals surface area contributed by atoms with Gasteiger partial charge in [-0.05, 0) is 37.1 Å². The van der Waals surface area contributed by atoms with E-state index in [0.717, 1.165) is 42.5 Å². The van der Waals surface area contributed by atoms with E-state index in [1.54, 1.807) is 6.20 Å². The molecule has 1 fully saturated rings. The van der Waals surface area contributed by atoms with E-state index in [4.69, 9.17) is 16.7 Å². The molecule has 122 valence electrons. The van der Waals surface area contributed by atoms with Crippen molar-refractivity contribution in [2.45, 2.75) is 25.4 Å². The van der Waals surface area contributed by atoms with Crippen molar-refractivity contribution in [3.05, 3.63) is 41.0 Å². The summed E-state index contributed by atoms with van der Waals surface area (Å²) in [5.74, 6) is -0.824. The van der Waals surface area contributed by atoms with Gasteiger partial charge in [-0.3, -0.25) is 14.7 Å². The molecule has 1 aliphatic rings. The molecule has 1 aliphatic heterocycles. The summed E-state index contributed by atoms with van der Waals surface area (Å²) in [7, 11) is 0. The van der Waals surface area contributed by atoms with Gasteiger partial charge in [-0.1, -0.05) is 17.7 Å². The van der Waals surface area contributed by atoms with Gasteiger partial charge in [0.2, 0.25) is 0 Å². The van der Waals surface area contributed by atoms with E-state index in [1.165, 1.54) is 0 Å². The molecule has 2 aromatic rings. The lowest BCUT2D eigenvalue weighted by molar-refractivity contribution is -0.136. The Morgan fingerprint density at radius 2 is 2.35 bits per heavy atom. The van der Waals surface area contributed by atoms with Crippen LogP contribution in [0.3, 0.4) is 0 Å². The summed E-state index contributed by atoms with van der Waals surface area (Å²) >= 11 is 6.23. The van der Waals surface area contributed by atoms with Crippen LogP contribution < -0.4 is 5.32 Å². The highest BCUT2D eigenvalue weighted by Gasteiger charge is 2.33. The molecule has 2 heterocycles. The molecule has 2 N–H and O–H groups in total. The largest absolute Gasteiger partial charge is 0.480 e. The quantitative estimate of drug-likeness (QED) is 0.880. The zero-order valence-electron chi connectivity index (χ0n) is 13.1. The minimum absolute atomic E-state index is 0.00795. The zero-order valence-corrected chi connectivity index (χ0v) is 13.8. The molecule has 0 amide bonds. The fraction of sp³-hybridized carbons (Fsp3) is 0.412. The van der Waals surface area contributed by atoms with Crippen LogP contribution in [0.2, 0.25) is 5.02 Å². The molecule has 0 saturated carbocycles. The van der Waals surface area contributed by atoms with Gasteiger partial charge in [-0.25, -0.2) is 0 Å². The Morgan fingerprint density at radius 3 is 3.13 bits per heavy atom. The molecule has 0 bridgehead atoms. The fourth-order valence-electron chi connectivity index (χ4n) is 3.21. The maximum absolute atomic E-state index is 10.8. The summed E-state index contributed by atoms with van der Waals surface area (Å²) in [6.07, 6.45) is 2.72. The second-order valence-corrected chi connectivity index (χ2v) is 6.85. The lowest BCUT2D eigenvalue weighted by Gasteiger charge is -2.25. The van der Waals surface area contributed by atoms with Crippen LogP contribution in [-0.2, 0) is 11.3 Å². The number of pyridine rings is 1. The van der Waals surface area contributed by atoms with Gasteiger partial charge in [0, 0.05) is 41.8 Å². The van der Waals surface area contributed by atoms with E-state index in [0.29, 0.717) is 5.02 Å². The monoisotopic (exact) mass is 333 g/mol. The molecular formula is C17H20ClN3O2. The maximum Gasteiger partial charge on any atom is 0.317 e. The summed E-state index contributed by atoms with van der Waals surface area (Å²) in [6.45, 7) is 4.56. The number of carboxylic acids is 1. The highest BCUT2D eigenvalue weighted by molar-refractivity contribution is 6.31. The van der Waals surface area contributed by atoms with Crippen molar-refractivity contribution in [1.82, 2.24) is 15.2 Å². The number of hydrogen-bond donors (Lipinski definition) is 2. The number of rotatable bonds is 5. The highest BCUT2D eigenvalue weighted by atomic mass is 35.5. The number of hydrogen-bond acceptors (Lipinski definition) is 4. The summed E-state index contributed by atoms with van der Waals surface area (Å²) in [5.41, 5.74) is 1.92. The Bertz CT molecular complexity index is 737. The molecule has 5 nitrogen and oxygen atoms in total. The number of carboxylic acid groups (broad SMARTS) is 1. The summed E-state index contributed by atoms with van der Waals surface area (Å²) in [5, 5.41) is 13.7. The van der Waals surface area contributed by atoms with Crippen molar-refractivity contribution in [2.75, 3.05) is 19.6 Å². The molecule has 6 heteroatoms. The topological polar surface area (TPSA) is 65.5 Å². The second kappa shape index (κ2) is 6.43. The molecule has 1 aromatic heterocycles. The van der Waals surface area contributed by atoms with E-state index >= 15 is 0 Å². The number of aromatic nitrogens is 1. The number of carbonyl (C=O) groups is 1. The van der Waals surface area contributed by atoms with Gasteiger partial charge >= 0.3 is 5.97 Å². The van der Waals surface area contributed by atoms with Gasteiger partial charge in [0.15, 0.2) is 0 Å². The Labute approximate surface area is 140 Å².